The van der Waals surface area contributed by atoms with Crippen molar-refractivity contribution in [1.82, 2.24) is 5.32 Å². The summed E-state index contributed by atoms with van der Waals surface area (Å²) in [7, 11) is 0. The minimum atomic E-state index is 0.424. The second-order valence-corrected chi connectivity index (χ2v) is 8.24. The molecule has 2 heteroatoms. The van der Waals surface area contributed by atoms with Crippen LogP contribution in [0.1, 0.15) is 52.7 Å². The summed E-state index contributed by atoms with van der Waals surface area (Å²) in [6.07, 6.45) is 3.80. The third-order valence-electron chi connectivity index (χ3n) is 4.60. The molecule has 0 saturated heterocycles. The molecule has 1 heterocycles. The van der Waals surface area contributed by atoms with Crippen LogP contribution >= 0.6 is 0 Å². The smallest absolute Gasteiger partial charge is 0.134 e. The van der Waals surface area contributed by atoms with Crippen LogP contribution in [0.4, 0.5) is 0 Å². The number of fused-ring (bicyclic) bond motifs is 1. The summed E-state index contributed by atoms with van der Waals surface area (Å²) in [4.78, 5) is 0. The van der Waals surface area contributed by atoms with Gasteiger partial charge >= 0.3 is 0 Å². The predicted molar refractivity (Wildman–Crippen MR) is 88.3 cm³/mol. The third-order valence-corrected chi connectivity index (χ3v) is 4.60. The summed E-state index contributed by atoms with van der Waals surface area (Å²) < 4.78 is 5.90. The van der Waals surface area contributed by atoms with Gasteiger partial charge in [-0.1, -0.05) is 45.9 Å². The van der Waals surface area contributed by atoms with E-state index >= 15 is 0 Å². The van der Waals surface area contributed by atoms with Gasteiger partial charge in [0, 0.05) is 11.4 Å². The van der Waals surface area contributed by atoms with Gasteiger partial charge in [-0.15, -0.1) is 0 Å². The van der Waals surface area contributed by atoms with E-state index in [0.717, 1.165) is 17.9 Å². The van der Waals surface area contributed by atoms with Gasteiger partial charge in [0.15, 0.2) is 0 Å². The zero-order valence-electron chi connectivity index (χ0n) is 13.7. The van der Waals surface area contributed by atoms with Crippen LogP contribution in [0.15, 0.2) is 34.7 Å². The van der Waals surface area contributed by atoms with Gasteiger partial charge in [0.2, 0.25) is 0 Å². The van der Waals surface area contributed by atoms with Gasteiger partial charge < -0.3 is 9.73 Å². The maximum atomic E-state index is 5.90. The first-order chi connectivity index (χ1) is 9.83. The molecule has 1 aromatic heterocycles. The Kier molecular flexibility index (Phi) is 3.61. The molecule has 0 unspecified atom stereocenters. The molecule has 2 aromatic rings. The molecule has 1 N–H and O–H groups in total. The second kappa shape index (κ2) is 5.17. The van der Waals surface area contributed by atoms with Crippen LogP contribution in [0.25, 0.3) is 11.0 Å². The second-order valence-electron chi connectivity index (χ2n) is 8.24. The van der Waals surface area contributed by atoms with Gasteiger partial charge in [-0.25, -0.2) is 0 Å². The number of hydrogen-bond donors (Lipinski definition) is 1. The zero-order valence-corrected chi connectivity index (χ0v) is 13.7. The average Bonchev–Trinajstić information content (AvgIpc) is 2.75. The Morgan fingerprint density at radius 2 is 1.76 bits per heavy atom. The fourth-order valence-electron chi connectivity index (χ4n) is 4.36. The van der Waals surface area contributed by atoms with Crippen molar-refractivity contribution < 1.29 is 4.42 Å². The minimum Gasteiger partial charge on any atom is -0.460 e. The first-order valence-corrected chi connectivity index (χ1v) is 8.04. The molecule has 1 aliphatic carbocycles. The lowest BCUT2D eigenvalue weighted by atomic mass is 9.63. The Labute approximate surface area is 127 Å². The molecular weight excluding hydrogens is 258 g/mol. The predicted octanol–water partition coefficient (Wildman–Crippen LogP) is 5.13. The van der Waals surface area contributed by atoms with Crippen LogP contribution in [0.5, 0.6) is 0 Å². The summed E-state index contributed by atoms with van der Waals surface area (Å²) in [5.41, 5.74) is 1.83. The number of furan rings is 1. The van der Waals surface area contributed by atoms with Gasteiger partial charge in [-0.2, -0.15) is 0 Å². The van der Waals surface area contributed by atoms with Gasteiger partial charge in [0.05, 0.1) is 6.54 Å². The normalized spacial score (nSPS) is 21.7. The molecule has 114 valence electrons. The maximum Gasteiger partial charge on any atom is 0.134 e. The van der Waals surface area contributed by atoms with Crippen LogP contribution in [-0.2, 0) is 6.54 Å². The number of para-hydroxylation sites is 1. The van der Waals surface area contributed by atoms with Crippen LogP contribution in [0, 0.1) is 10.8 Å². The van der Waals surface area contributed by atoms with E-state index in [9.17, 15) is 0 Å². The van der Waals surface area contributed by atoms with E-state index in [4.69, 9.17) is 4.42 Å². The molecule has 1 aromatic carbocycles. The summed E-state index contributed by atoms with van der Waals surface area (Å²) in [5.74, 6) is 1.04. The van der Waals surface area contributed by atoms with E-state index < -0.39 is 0 Å². The summed E-state index contributed by atoms with van der Waals surface area (Å²) in [6, 6.07) is 11.0. The highest BCUT2D eigenvalue weighted by Crippen LogP contribution is 2.45. The summed E-state index contributed by atoms with van der Waals surface area (Å²) >= 11 is 0. The van der Waals surface area contributed by atoms with Crippen LogP contribution < -0.4 is 5.32 Å². The van der Waals surface area contributed by atoms with Crippen molar-refractivity contribution in [1.29, 1.82) is 0 Å². The van der Waals surface area contributed by atoms with Crippen molar-refractivity contribution in [3.63, 3.8) is 0 Å². The molecular formula is C19H27NO. The number of hydrogen-bond acceptors (Lipinski definition) is 2. The van der Waals surface area contributed by atoms with Crippen molar-refractivity contribution in [3.8, 4) is 0 Å². The van der Waals surface area contributed by atoms with E-state index in [2.05, 4.69) is 51.2 Å². The van der Waals surface area contributed by atoms with Gasteiger partial charge in [0.1, 0.15) is 11.3 Å². The molecule has 2 nitrogen and oxygen atoms in total. The zero-order chi connectivity index (χ0) is 15.1. The van der Waals surface area contributed by atoms with Gasteiger partial charge in [-0.05, 0) is 42.2 Å². The first-order valence-electron chi connectivity index (χ1n) is 8.04. The Morgan fingerprint density at radius 1 is 1.10 bits per heavy atom. The highest BCUT2D eigenvalue weighted by Gasteiger charge is 2.38. The van der Waals surface area contributed by atoms with Crippen LogP contribution in [0.2, 0.25) is 0 Å². The summed E-state index contributed by atoms with van der Waals surface area (Å²) in [6.45, 7) is 10.4. The Hall–Kier alpha value is -1.28. The molecule has 0 aliphatic heterocycles. The molecule has 0 bridgehead atoms. The molecule has 0 amide bonds. The monoisotopic (exact) mass is 285 g/mol. The summed E-state index contributed by atoms with van der Waals surface area (Å²) in [5, 5.41) is 4.91. The molecule has 1 saturated carbocycles. The van der Waals surface area contributed by atoms with E-state index in [1.54, 1.807) is 0 Å². The third kappa shape index (κ3) is 3.49. The lowest BCUT2D eigenvalue weighted by Gasteiger charge is -2.45. The lowest BCUT2D eigenvalue weighted by molar-refractivity contribution is 0.0837. The van der Waals surface area contributed by atoms with Crippen LogP contribution in [-0.4, -0.2) is 6.04 Å². The number of nitrogens with one attached hydrogen (secondary N) is 1. The highest BCUT2D eigenvalue weighted by molar-refractivity contribution is 5.77. The Bertz CT molecular complexity index is 574. The van der Waals surface area contributed by atoms with Crippen molar-refractivity contribution in [2.75, 3.05) is 0 Å². The van der Waals surface area contributed by atoms with E-state index in [0.29, 0.717) is 16.9 Å². The van der Waals surface area contributed by atoms with Crippen molar-refractivity contribution in [2.24, 2.45) is 10.8 Å². The Morgan fingerprint density at radius 3 is 2.43 bits per heavy atom. The van der Waals surface area contributed by atoms with Crippen LogP contribution in [0.3, 0.4) is 0 Å². The standard InChI is InChI=1S/C19H27NO/c1-18(2)10-15(11-19(3,4)13-18)20-12-16-9-14-7-5-6-8-17(14)21-16/h5-9,15,20H,10-13H2,1-4H3. The minimum absolute atomic E-state index is 0.424. The van der Waals surface area contributed by atoms with Crippen molar-refractivity contribution in [3.05, 3.63) is 36.1 Å². The average molecular weight is 285 g/mol. The molecule has 3 rings (SSSR count). The lowest BCUT2D eigenvalue weighted by Crippen LogP contribution is -2.43. The van der Waals surface area contributed by atoms with Crippen molar-refractivity contribution >= 4 is 11.0 Å². The number of rotatable bonds is 3. The SMILES string of the molecule is CC1(C)CC(NCc2cc3ccccc3o2)CC(C)(C)C1. The molecule has 0 atom stereocenters. The topological polar surface area (TPSA) is 25.2 Å². The van der Waals surface area contributed by atoms with Gasteiger partial charge in [0.25, 0.3) is 0 Å². The van der Waals surface area contributed by atoms with E-state index in [1.807, 2.05) is 12.1 Å². The molecule has 0 radical (unpaired) electrons. The molecule has 1 aliphatic rings. The molecule has 21 heavy (non-hydrogen) atoms. The fraction of sp³-hybridized carbons (Fsp3) is 0.579. The molecule has 0 spiro atoms. The van der Waals surface area contributed by atoms with E-state index in [-0.39, 0.29) is 0 Å². The number of benzene rings is 1. The molecule has 1 fully saturated rings. The first kappa shape index (κ1) is 14.6. The highest BCUT2D eigenvalue weighted by atomic mass is 16.3. The van der Waals surface area contributed by atoms with Gasteiger partial charge in [-0.3, -0.25) is 0 Å². The Balaban J connectivity index is 1.66. The largest absolute Gasteiger partial charge is 0.460 e. The van der Waals surface area contributed by atoms with E-state index in [1.165, 1.54) is 24.6 Å². The maximum absolute atomic E-state index is 5.90. The van der Waals surface area contributed by atoms with Crippen molar-refractivity contribution in [2.45, 2.75) is 59.5 Å². The quantitative estimate of drug-likeness (QED) is 0.846. The fourth-order valence-corrected chi connectivity index (χ4v) is 4.36.